The van der Waals surface area contributed by atoms with Crippen molar-refractivity contribution in [3.63, 3.8) is 0 Å². The van der Waals surface area contributed by atoms with Crippen molar-refractivity contribution in [2.45, 2.75) is 70.3 Å². The van der Waals surface area contributed by atoms with Crippen LogP contribution in [0.25, 0.3) is 0 Å². The molecular weight excluding hydrogens is 242 g/mol. The molecule has 2 atom stereocenters. The maximum absolute atomic E-state index is 3.92. The Morgan fingerprint density at radius 3 is 2.70 bits per heavy atom. The molecule has 0 radical (unpaired) electrons. The van der Waals surface area contributed by atoms with E-state index in [0.717, 1.165) is 17.9 Å². The minimum absolute atomic E-state index is 0.721. The highest BCUT2D eigenvalue weighted by Gasteiger charge is 2.34. The first-order valence-electron chi connectivity index (χ1n) is 8.71. The molecule has 2 aliphatic carbocycles. The molecule has 1 saturated carbocycles. The van der Waals surface area contributed by atoms with Crippen molar-refractivity contribution in [3.8, 4) is 0 Å². The molecule has 0 spiro atoms. The molecule has 0 amide bonds. The van der Waals surface area contributed by atoms with Crippen molar-refractivity contribution >= 4 is 0 Å². The smallest absolute Gasteiger partial charge is 0.0164 e. The summed E-state index contributed by atoms with van der Waals surface area (Å²) in [6.45, 7) is 3.47. The predicted molar refractivity (Wildman–Crippen MR) is 86.2 cm³/mol. The minimum Gasteiger partial charge on any atom is -0.313 e. The third-order valence-corrected chi connectivity index (χ3v) is 5.40. The molecule has 1 heteroatoms. The second-order valence-electron chi connectivity index (χ2n) is 6.72. The van der Waals surface area contributed by atoms with Crippen molar-refractivity contribution in [1.82, 2.24) is 5.32 Å². The van der Waals surface area contributed by atoms with Gasteiger partial charge < -0.3 is 5.32 Å². The first-order chi connectivity index (χ1) is 9.90. The van der Waals surface area contributed by atoms with Crippen LogP contribution >= 0.6 is 0 Å². The molecule has 1 fully saturated rings. The summed E-state index contributed by atoms with van der Waals surface area (Å²) in [5, 5.41) is 3.92. The number of fused-ring (bicyclic) bond motifs is 1. The fraction of sp³-hybridized carbons (Fsp3) is 0.684. The summed E-state index contributed by atoms with van der Waals surface area (Å²) in [7, 11) is 0. The summed E-state index contributed by atoms with van der Waals surface area (Å²) in [6.07, 6.45) is 11.1. The Balaban J connectivity index is 1.78. The average Bonchev–Trinajstić information content (AvgIpc) is 2.93. The monoisotopic (exact) mass is 271 g/mol. The van der Waals surface area contributed by atoms with Crippen molar-refractivity contribution in [1.29, 1.82) is 0 Å². The first-order valence-corrected chi connectivity index (χ1v) is 8.71. The molecule has 0 aromatic heterocycles. The second kappa shape index (κ2) is 6.76. The second-order valence-corrected chi connectivity index (χ2v) is 6.72. The molecule has 20 heavy (non-hydrogen) atoms. The summed E-state index contributed by atoms with van der Waals surface area (Å²) in [4.78, 5) is 0. The van der Waals surface area contributed by atoms with E-state index in [1.54, 1.807) is 11.1 Å². The van der Waals surface area contributed by atoms with Gasteiger partial charge in [-0.1, -0.05) is 50.5 Å². The molecule has 110 valence electrons. The topological polar surface area (TPSA) is 12.0 Å². The lowest BCUT2D eigenvalue weighted by Gasteiger charge is -2.35. The van der Waals surface area contributed by atoms with Crippen LogP contribution in [0.4, 0.5) is 0 Å². The molecule has 2 aliphatic rings. The van der Waals surface area contributed by atoms with E-state index in [2.05, 4.69) is 36.5 Å². The standard InChI is InChI=1S/C19H29N/c1-2-14-20-19(16-9-4-3-5-10-16)18-13-12-15-8-6-7-11-17(15)18/h6-8,11,16,18-20H,2-5,9-10,12-14H2,1H3. The Morgan fingerprint density at radius 1 is 1.10 bits per heavy atom. The molecule has 3 rings (SSSR count). The number of nitrogens with one attached hydrogen (secondary N) is 1. The van der Waals surface area contributed by atoms with Gasteiger partial charge in [-0.3, -0.25) is 0 Å². The molecule has 0 heterocycles. The van der Waals surface area contributed by atoms with Crippen molar-refractivity contribution in [3.05, 3.63) is 35.4 Å². The first kappa shape index (κ1) is 14.1. The van der Waals surface area contributed by atoms with Crippen LogP contribution in [-0.2, 0) is 6.42 Å². The number of benzene rings is 1. The molecule has 0 saturated heterocycles. The maximum atomic E-state index is 3.92. The Bertz CT molecular complexity index is 420. The van der Waals surface area contributed by atoms with E-state index in [0.29, 0.717) is 0 Å². The summed E-state index contributed by atoms with van der Waals surface area (Å²) < 4.78 is 0. The van der Waals surface area contributed by atoms with Gasteiger partial charge in [0.05, 0.1) is 0 Å². The van der Waals surface area contributed by atoms with Gasteiger partial charge in [-0.2, -0.15) is 0 Å². The quantitative estimate of drug-likeness (QED) is 0.821. The van der Waals surface area contributed by atoms with Gasteiger partial charge >= 0.3 is 0 Å². The van der Waals surface area contributed by atoms with Crippen LogP contribution in [0.2, 0.25) is 0 Å². The number of hydrogen-bond donors (Lipinski definition) is 1. The predicted octanol–water partition coefficient (Wildman–Crippen LogP) is 4.66. The largest absolute Gasteiger partial charge is 0.313 e. The third kappa shape index (κ3) is 2.93. The Kier molecular flexibility index (Phi) is 4.77. The zero-order valence-electron chi connectivity index (χ0n) is 12.9. The highest BCUT2D eigenvalue weighted by molar-refractivity contribution is 5.36. The van der Waals surface area contributed by atoms with Gasteiger partial charge in [0.2, 0.25) is 0 Å². The zero-order chi connectivity index (χ0) is 13.8. The van der Waals surface area contributed by atoms with E-state index < -0.39 is 0 Å². The Hall–Kier alpha value is -0.820. The van der Waals surface area contributed by atoms with Gasteiger partial charge in [-0.25, -0.2) is 0 Å². The van der Waals surface area contributed by atoms with Gasteiger partial charge in [0, 0.05) is 12.0 Å². The van der Waals surface area contributed by atoms with Gasteiger partial charge in [0.15, 0.2) is 0 Å². The molecule has 0 bridgehead atoms. The van der Waals surface area contributed by atoms with Gasteiger partial charge in [-0.15, -0.1) is 0 Å². The summed E-state index contributed by atoms with van der Waals surface area (Å²) in [6, 6.07) is 9.88. The Morgan fingerprint density at radius 2 is 1.90 bits per heavy atom. The lowest BCUT2D eigenvalue weighted by atomic mass is 9.77. The van der Waals surface area contributed by atoms with Crippen molar-refractivity contribution < 1.29 is 0 Å². The van der Waals surface area contributed by atoms with E-state index >= 15 is 0 Å². The fourth-order valence-corrected chi connectivity index (χ4v) is 4.40. The molecule has 1 nitrogen and oxygen atoms in total. The highest BCUT2D eigenvalue weighted by atomic mass is 14.9. The highest BCUT2D eigenvalue weighted by Crippen LogP contribution is 2.40. The molecule has 0 aliphatic heterocycles. The Labute approximate surface area is 124 Å². The van der Waals surface area contributed by atoms with E-state index in [-0.39, 0.29) is 0 Å². The molecule has 1 aromatic carbocycles. The zero-order valence-corrected chi connectivity index (χ0v) is 12.9. The van der Waals surface area contributed by atoms with Gasteiger partial charge in [0.25, 0.3) is 0 Å². The van der Waals surface area contributed by atoms with Crippen LogP contribution in [0.1, 0.15) is 68.9 Å². The van der Waals surface area contributed by atoms with Crippen LogP contribution < -0.4 is 5.32 Å². The van der Waals surface area contributed by atoms with Crippen LogP contribution in [0.15, 0.2) is 24.3 Å². The van der Waals surface area contributed by atoms with Crippen LogP contribution in [0, 0.1) is 5.92 Å². The summed E-state index contributed by atoms with van der Waals surface area (Å²) in [5.41, 5.74) is 3.25. The number of aryl methyl sites for hydroxylation is 1. The van der Waals surface area contributed by atoms with Crippen LogP contribution in [0.3, 0.4) is 0 Å². The summed E-state index contributed by atoms with van der Waals surface area (Å²) in [5.74, 6) is 1.67. The maximum Gasteiger partial charge on any atom is 0.0164 e. The van der Waals surface area contributed by atoms with E-state index in [1.165, 1.54) is 57.9 Å². The fourth-order valence-electron chi connectivity index (χ4n) is 4.40. The van der Waals surface area contributed by atoms with Crippen LogP contribution in [0.5, 0.6) is 0 Å². The van der Waals surface area contributed by atoms with E-state index in [4.69, 9.17) is 0 Å². The third-order valence-electron chi connectivity index (χ3n) is 5.40. The van der Waals surface area contributed by atoms with Gasteiger partial charge in [0.1, 0.15) is 0 Å². The number of hydrogen-bond acceptors (Lipinski definition) is 1. The van der Waals surface area contributed by atoms with Crippen molar-refractivity contribution in [2.24, 2.45) is 5.92 Å². The van der Waals surface area contributed by atoms with Crippen LogP contribution in [-0.4, -0.2) is 12.6 Å². The lowest BCUT2D eigenvalue weighted by molar-refractivity contribution is 0.238. The molecule has 2 unspecified atom stereocenters. The van der Waals surface area contributed by atoms with Gasteiger partial charge in [-0.05, 0) is 55.7 Å². The molecule has 1 aromatic rings. The molecular formula is C19H29N. The normalized spacial score (nSPS) is 24.6. The van der Waals surface area contributed by atoms with Crippen molar-refractivity contribution in [2.75, 3.05) is 6.54 Å². The molecule has 1 N–H and O–H groups in total. The summed E-state index contributed by atoms with van der Waals surface area (Å²) >= 11 is 0. The number of rotatable bonds is 5. The minimum atomic E-state index is 0.721. The van der Waals surface area contributed by atoms with E-state index in [1.807, 2.05) is 0 Å². The average molecular weight is 271 g/mol. The SMILES string of the molecule is CCCNC(C1CCCCC1)C1CCc2ccccc21. The lowest BCUT2D eigenvalue weighted by Crippen LogP contribution is -2.41. The van der Waals surface area contributed by atoms with E-state index in [9.17, 15) is 0 Å².